The van der Waals surface area contributed by atoms with Crippen molar-refractivity contribution in [1.29, 1.82) is 0 Å². The molecule has 2 unspecified atom stereocenters. The minimum absolute atomic E-state index is 0.508. The summed E-state index contributed by atoms with van der Waals surface area (Å²) >= 11 is 0. The van der Waals surface area contributed by atoms with Crippen LogP contribution in [0.25, 0.3) is 0 Å². The summed E-state index contributed by atoms with van der Waals surface area (Å²) in [7, 11) is -12.5. The van der Waals surface area contributed by atoms with E-state index in [0.717, 1.165) is 13.8 Å². The summed E-state index contributed by atoms with van der Waals surface area (Å²) in [5.74, 6) is -21.4. The average Bonchev–Trinajstić information content (AvgIpc) is 3.32. The van der Waals surface area contributed by atoms with Gasteiger partial charge in [-0.15, -0.1) is 0 Å². The molecular weight excluding hydrogens is 1000 g/mol. The number of ether oxygens (including phenoxy) is 2. The molecule has 0 aliphatic carbocycles. The van der Waals surface area contributed by atoms with Crippen molar-refractivity contribution >= 4 is 72.7 Å². The molecule has 0 saturated heterocycles. The Morgan fingerprint density at radius 2 is 0.930 bits per heavy atom. The third-order valence-corrected chi connectivity index (χ3v) is 22.9. The first kappa shape index (κ1) is 60.0. The highest BCUT2D eigenvalue weighted by molar-refractivity contribution is 7.87. The van der Waals surface area contributed by atoms with Gasteiger partial charge in [0.25, 0.3) is 35.4 Å². The lowest BCUT2D eigenvalue weighted by atomic mass is 10.0. The lowest BCUT2D eigenvalue weighted by molar-refractivity contribution is -0.349. The molecule has 4 aromatic rings. The number of hydrogen-bond acceptors (Lipinski definition) is 17. The number of alkyl halides is 4. The van der Waals surface area contributed by atoms with Gasteiger partial charge in [0.2, 0.25) is 6.29 Å². The van der Waals surface area contributed by atoms with Crippen LogP contribution in [0.15, 0.2) is 121 Å². The van der Waals surface area contributed by atoms with E-state index in [9.17, 15) is 61.9 Å². The highest BCUT2D eigenvalue weighted by Gasteiger charge is 2.70. The molecule has 0 aromatic heterocycles. The van der Waals surface area contributed by atoms with Crippen molar-refractivity contribution in [2.24, 2.45) is 0 Å². The summed E-state index contributed by atoms with van der Waals surface area (Å²) in [6.07, 6.45) is -12.1. The summed E-state index contributed by atoms with van der Waals surface area (Å²) < 4.78 is 106. The molecule has 0 bridgehead atoms. The molecule has 24 heteroatoms. The first-order chi connectivity index (χ1) is 32.8. The molecule has 390 valence electrons. The van der Waals surface area contributed by atoms with Gasteiger partial charge in [0.1, 0.15) is 0 Å². The first-order valence-electron chi connectivity index (χ1n) is 21.4. The summed E-state index contributed by atoms with van der Waals surface area (Å²) in [5.41, 5.74) is 0. The van der Waals surface area contributed by atoms with Crippen LogP contribution in [0.4, 0.5) is 17.6 Å². The zero-order valence-corrected chi connectivity index (χ0v) is 42.6. The van der Waals surface area contributed by atoms with Crippen LogP contribution in [0, 0.1) is 0 Å². The van der Waals surface area contributed by atoms with Gasteiger partial charge in [0.05, 0.1) is 5.25 Å². The predicted octanol–water partition coefficient (Wildman–Crippen LogP) is 1.96. The molecule has 0 amide bonds. The van der Waals surface area contributed by atoms with E-state index in [0.29, 0.717) is 20.7 Å². The number of rotatable bonds is 22. The van der Waals surface area contributed by atoms with Gasteiger partial charge < -0.3 is 53.1 Å². The molecule has 6 atom stereocenters. The van der Waals surface area contributed by atoms with E-state index in [4.69, 9.17) is 14.0 Å². The minimum Gasteiger partial charge on any atom is -0.435 e. The van der Waals surface area contributed by atoms with E-state index in [2.05, 4.69) is 13.7 Å². The van der Waals surface area contributed by atoms with E-state index in [1.54, 1.807) is 106 Å². The maximum absolute atomic E-state index is 16.0. The Hall–Kier alpha value is -5.26. The Morgan fingerprint density at radius 1 is 0.577 bits per heavy atom. The summed E-state index contributed by atoms with van der Waals surface area (Å²) in [6, 6.07) is 35.5. The van der Waals surface area contributed by atoms with Crippen LogP contribution in [-0.4, -0.2) is 134 Å². The standard InChI is InChI=1S/C37H44F2O6Si2.C10H14F2O11S/c1-34(2,3)46(28-19-11-7-12-20-28,29-21-13-8-14-22-29)44-33(42)32(41)37(43,36(38,39)27-40)45-47(35(4,5)6,30-23-15-9-16-24-30)31-25-17-10-18-26-31;1-5(2)24(19,20)23-8(17)9(11,12)10(18,22-4-14)6(15)7(16)21-3-13/h7-27,32-33,41-43H,1-6H3;3-7,15-16,18H,1-2H3/t32-,33?,37-;6-,7?,10-/m11/s1. The topological polar surface area (TPSA) is 270 Å². The fourth-order valence-corrected chi connectivity index (χ4v) is 17.2. The number of carbonyl (C=O) groups is 4. The van der Waals surface area contributed by atoms with Crippen molar-refractivity contribution in [3.05, 3.63) is 121 Å². The van der Waals surface area contributed by atoms with Gasteiger partial charge in [-0.05, 0) is 44.7 Å². The molecule has 4 rings (SSSR count). The second kappa shape index (κ2) is 23.1. The Morgan fingerprint density at radius 3 is 1.24 bits per heavy atom. The summed E-state index contributed by atoms with van der Waals surface area (Å²) in [4.78, 5) is 43.8. The summed E-state index contributed by atoms with van der Waals surface area (Å²) in [6.45, 7) is 11.7. The number of halogens is 4. The van der Waals surface area contributed by atoms with Crippen LogP contribution in [-0.2, 0) is 51.8 Å². The zero-order chi connectivity index (χ0) is 54.1. The van der Waals surface area contributed by atoms with Crippen LogP contribution < -0.4 is 20.7 Å². The molecule has 0 radical (unpaired) electrons. The van der Waals surface area contributed by atoms with Gasteiger partial charge in [-0.2, -0.15) is 26.0 Å². The van der Waals surface area contributed by atoms with Crippen LogP contribution in [0.5, 0.6) is 0 Å². The number of aliphatic hydroxyl groups excluding tert-OH is 4. The predicted molar refractivity (Wildman–Crippen MR) is 252 cm³/mol. The van der Waals surface area contributed by atoms with Crippen molar-refractivity contribution in [3.8, 4) is 0 Å². The van der Waals surface area contributed by atoms with E-state index < -0.39 is 115 Å². The SMILES string of the molecule is CC(C)(C)[Si](OC(O)[C@@H](O)[C@@](O)(O[Si](c1ccccc1)(c1ccccc1)C(C)(C)C)C(F)(F)C=O)(c1ccccc1)c1ccccc1.CC(C)S(=O)(=O)OC(=O)C(F)(F)[C@](O)(OC=O)[C@H](O)C(O)OC=O. The fraction of sp³-hybridized carbons (Fsp3) is 0.404. The molecule has 4 aromatic carbocycles. The Bertz CT molecular complexity index is 2410. The second-order valence-corrected chi connectivity index (χ2v) is 28.9. The molecule has 0 aliphatic heterocycles. The molecule has 0 fully saturated rings. The normalized spacial score (nSPS) is 16.3. The molecular formula is C47H58F4O17SSi2. The van der Waals surface area contributed by atoms with Gasteiger partial charge in [-0.3, -0.25) is 14.4 Å². The molecule has 0 saturated carbocycles. The van der Waals surface area contributed by atoms with Crippen molar-refractivity contribution in [1.82, 2.24) is 0 Å². The monoisotopic (exact) mass is 1060 g/mol. The number of carbonyl (C=O) groups excluding carboxylic acids is 4. The molecule has 0 spiro atoms. The van der Waals surface area contributed by atoms with Gasteiger partial charge in [-0.1, -0.05) is 163 Å². The van der Waals surface area contributed by atoms with Gasteiger partial charge in [-0.25, -0.2) is 4.79 Å². The van der Waals surface area contributed by atoms with Crippen LogP contribution in [0.2, 0.25) is 10.1 Å². The Labute approximate surface area is 409 Å². The van der Waals surface area contributed by atoms with Crippen molar-refractivity contribution in [3.63, 3.8) is 0 Å². The highest BCUT2D eigenvalue weighted by atomic mass is 32.2. The quantitative estimate of drug-likeness (QED) is 0.0216. The van der Waals surface area contributed by atoms with Gasteiger partial charge in [0, 0.05) is 0 Å². The van der Waals surface area contributed by atoms with Gasteiger partial charge in [0.15, 0.2) is 24.8 Å². The maximum Gasteiger partial charge on any atom is 0.410 e. The molecule has 71 heavy (non-hydrogen) atoms. The third kappa shape index (κ3) is 12.2. The van der Waals surface area contributed by atoms with E-state index in [1.165, 1.54) is 0 Å². The van der Waals surface area contributed by atoms with Crippen molar-refractivity contribution in [2.75, 3.05) is 0 Å². The Kier molecular flexibility index (Phi) is 19.5. The molecule has 0 heterocycles. The number of hydrogen-bond donors (Lipinski definition) is 6. The van der Waals surface area contributed by atoms with Crippen LogP contribution >= 0.6 is 0 Å². The molecule has 17 nitrogen and oxygen atoms in total. The van der Waals surface area contributed by atoms with E-state index >= 15 is 8.78 Å². The smallest absolute Gasteiger partial charge is 0.410 e. The van der Waals surface area contributed by atoms with Crippen LogP contribution in [0.3, 0.4) is 0 Å². The van der Waals surface area contributed by atoms with Gasteiger partial charge >= 0.3 is 33.7 Å². The molecule has 6 N–H and O–H groups in total. The number of aldehydes is 1. The van der Waals surface area contributed by atoms with Crippen LogP contribution in [0.1, 0.15) is 55.4 Å². The minimum atomic E-state index is -5.39. The average molecular weight is 1060 g/mol. The van der Waals surface area contributed by atoms with Crippen molar-refractivity contribution in [2.45, 2.75) is 119 Å². The first-order valence-corrected chi connectivity index (χ1v) is 26.7. The molecule has 0 aliphatic rings. The van der Waals surface area contributed by atoms with Crippen molar-refractivity contribution < 1.29 is 98.3 Å². The Balaban J connectivity index is 0.000000470. The van der Waals surface area contributed by atoms with E-state index in [-0.39, 0.29) is 0 Å². The van der Waals surface area contributed by atoms with E-state index in [1.807, 2.05) is 57.2 Å². The summed E-state index contributed by atoms with van der Waals surface area (Å²) in [5, 5.41) is 63.1. The maximum atomic E-state index is 16.0. The fourth-order valence-electron chi connectivity index (χ4n) is 7.55. The lowest BCUT2D eigenvalue weighted by Gasteiger charge is -2.51. The largest absolute Gasteiger partial charge is 0.435 e. The zero-order valence-electron chi connectivity index (χ0n) is 39.8. The third-order valence-electron chi connectivity index (χ3n) is 11.3. The number of aliphatic hydroxyl groups is 6. The second-order valence-electron chi connectivity index (χ2n) is 18.3. The highest BCUT2D eigenvalue weighted by Crippen LogP contribution is 2.45. The number of benzene rings is 4. The lowest BCUT2D eigenvalue weighted by Crippen LogP contribution is -2.76.